The van der Waals surface area contributed by atoms with Crippen molar-refractivity contribution in [2.45, 2.75) is 45.3 Å². The molecule has 1 aliphatic heterocycles. The molecule has 0 saturated carbocycles. The van der Waals surface area contributed by atoms with Gasteiger partial charge in [0.1, 0.15) is 22.4 Å². The SMILES string of the molecule is CCOC(=O)COC1(c2cc(Br)n[nH]2)CCN(C(=O)OC(C)(C)C)C1. The minimum Gasteiger partial charge on any atom is -0.464 e. The Morgan fingerprint density at radius 1 is 1.44 bits per heavy atom. The maximum absolute atomic E-state index is 12.3. The number of rotatable bonds is 5. The molecule has 1 aliphatic rings. The van der Waals surface area contributed by atoms with E-state index >= 15 is 0 Å². The molecule has 1 atom stereocenters. The molecule has 0 aromatic carbocycles. The maximum Gasteiger partial charge on any atom is 0.410 e. The van der Waals surface area contributed by atoms with E-state index in [9.17, 15) is 9.59 Å². The number of aromatic nitrogens is 2. The van der Waals surface area contributed by atoms with Crippen molar-refractivity contribution in [2.75, 3.05) is 26.3 Å². The van der Waals surface area contributed by atoms with E-state index in [1.54, 1.807) is 17.9 Å². The summed E-state index contributed by atoms with van der Waals surface area (Å²) in [5.74, 6) is -0.448. The van der Waals surface area contributed by atoms with Gasteiger partial charge in [-0.3, -0.25) is 5.10 Å². The van der Waals surface area contributed by atoms with E-state index in [1.165, 1.54) is 0 Å². The molecular weight excluding hydrogens is 394 g/mol. The first kappa shape index (κ1) is 19.7. The van der Waals surface area contributed by atoms with Crippen molar-refractivity contribution >= 4 is 28.0 Å². The van der Waals surface area contributed by atoms with Crippen LogP contribution in [0.1, 0.15) is 39.8 Å². The number of halogens is 1. The smallest absolute Gasteiger partial charge is 0.410 e. The van der Waals surface area contributed by atoms with E-state index in [0.29, 0.717) is 23.3 Å². The molecule has 0 aliphatic carbocycles. The Kier molecular flexibility index (Phi) is 6.10. The first-order valence-corrected chi connectivity index (χ1v) is 8.93. The Labute approximate surface area is 155 Å². The van der Waals surface area contributed by atoms with Gasteiger partial charge in [-0.1, -0.05) is 0 Å². The van der Waals surface area contributed by atoms with Crippen LogP contribution in [0.5, 0.6) is 0 Å². The zero-order chi connectivity index (χ0) is 18.7. The van der Waals surface area contributed by atoms with Crippen molar-refractivity contribution in [2.24, 2.45) is 0 Å². The third kappa shape index (κ3) is 5.18. The van der Waals surface area contributed by atoms with E-state index in [-0.39, 0.29) is 19.8 Å². The zero-order valence-electron chi connectivity index (χ0n) is 14.9. The van der Waals surface area contributed by atoms with Gasteiger partial charge in [0.25, 0.3) is 0 Å². The zero-order valence-corrected chi connectivity index (χ0v) is 16.5. The Hall–Kier alpha value is -1.61. The number of nitrogens with one attached hydrogen (secondary N) is 1. The highest BCUT2D eigenvalue weighted by molar-refractivity contribution is 9.10. The summed E-state index contributed by atoms with van der Waals surface area (Å²) < 4.78 is 16.9. The highest BCUT2D eigenvalue weighted by Crippen LogP contribution is 2.36. The van der Waals surface area contributed by atoms with Crippen molar-refractivity contribution in [1.82, 2.24) is 15.1 Å². The molecule has 8 nitrogen and oxygen atoms in total. The molecule has 1 fully saturated rings. The van der Waals surface area contributed by atoms with Gasteiger partial charge in [0.05, 0.1) is 18.8 Å². The molecule has 0 bridgehead atoms. The van der Waals surface area contributed by atoms with E-state index in [1.807, 2.05) is 20.8 Å². The number of likely N-dealkylation sites (tertiary alicyclic amines) is 1. The van der Waals surface area contributed by atoms with Gasteiger partial charge in [-0.2, -0.15) is 5.10 Å². The van der Waals surface area contributed by atoms with E-state index in [2.05, 4.69) is 26.1 Å². The number of ether oxygens (including phenoxy) is 3. The molecule has 140 valence electrons. The molecule has 1 N–H and O–H groups in total. The molecule has 0 radical (unpaired) electrons. The lowest BCUT2D eigenvalue weighted by Crippen LogP contribution is -2.40. The van der Waals surface area contributed by atoms with Crippen LogP contribution in [0.3, 0.4) is 0 Å². The molecule has 1 aromatic rings. The summed E-state index contributed by atoms with van der Waals surface area (Å²) in [6, 6.07) is 1.78. The summed E-state index contributed by atoms with van der Waals surface area (Å²) in [6.07, 6.45) is 0.105. The second-order valence-corrected chi connectivity index (χ2v) is 7.66. The predicted molar refractivity (Wildman–Crippen MR) is 93.0 cm³/mol. The fourth-order valence-corrected chi connectivity index (χ4v) is 2.93. The van der Waals surface area contributed by atoms with Crippen LogP contribution in [0.25, 0.3) is 0 Å². The molecule has 1 amide bonds. The monoisotopic (exact) mass is 417 g/mol. The van der Waals surface area contributed by atoms with E-state index in [0.717, 1.165) is 0 Å². The van der Waals surface area contributed by atoms with Crippen LogP contribution in [0, 0.1) is 0 Å². The van der Waals surface area contributed by atoms with Crippen LogP contribution >= 0.6 is 15.9 Å². The second kappa shape index (κ2) is 7.74. The van der Waals surface area contributed by atoms with Gasteiger partial charge in [0.2, 0.25) is 0 Å². The number of carbonyl (C=O) groups is 2. The van der Waals surface area contributed by atoms with Gasteiger partial charge in [-0.05, 0) is 49.7 Å². The minimum absolute atomic E-state index is 0.202. The highest BCUT2D eigenvalue weighted by atomic mass is 79.9. The number of hydrogen-bond donors (Lipinski definition) is 1. The van der Waals surface area contributed by atoms with Gasteiger partial charge in [0.15, 0.2) is 0 Å². The average Bonchev–Trinajstić information content (AvgIpc) is 3.11. The van der Waals surface area contributed by atoms with Crippen molar-refractivity contribution < 1.29 is 23.8 Å². The number of carbonyl (C=O) groups excluding carboxylic acids is 2. The standard InChI is InChI=1S/C16H24BrN3O5/c1-5-23-13(21)9-24-16(11-8-12(17)19-18-11)6-7-20(10-16)14(22)25-15(2,3)4/h8H,5-7,9-10H2,1-4H3,(H,18,19). The molecule has 2 rings (SSSR count). The lowest BCUT2D eigenvalue weighted by atomic mass is 9.99. The third-order valence-electron chi connectivity index (χ3n) is 3.69. The summed E-state index contributed by atoms with van der Waals surface area (Å²) in [5.41, 5.74) is -0.747. The third-order valence-corrected chi connectivity index (χ3v) is 4.10. The fraction of sp³-hybridized carbons (Fsp3) is 0.688. The van der Waals surface area contributed by atoms with E-state index in [4.69, 9.17) is 14.2 Å². The number of nitrogens with zero attached hydrogens (tertiary/aromatic N) is 2. The quantitative estimate of drug-likeness (QED) is 0.739. The Bertz CT molecular complexity index is 628. The van der Waals surface area contributed by atoms with Crippen molar-refractivity contribution in [3.63, 3.8) is 0 Å². The summed E-state index contributed by atoms with van der Waals surface area (Å²) in [4.78, 5) is 25.6. The summed E-state index contributed by atoms with van der Waals surface area (Å²) in [6.45, 7) is 7.98. The van der Waals surface area contributed by atoms with Gasteiger partial charge in [0, 0.05) is 13.0 Å². The summed E-state index contributed by atoms with van der Waals surface area (Å²) in [7, 11) is 0. The van der Waals surface area contributed by atoms with Gasteiger partial charge in [-0.15, -0.1) is 0 Å². The summed E-state index contributed by atoms with van der Waals surface area (Å²) >= 11 is 3.30. The number of hydrogen-bond acceptors (Lipinski definition) is 6. The lowest BCUT2D eigenvalue weighted by molar-refractivity contribution is -0.156. The first-order chi connectivity index (χ1) is 11.6. The first-order valence-electron chi connectivity index (χ1n) is 8.14. The fourth-order valence-electron chi connectivity index (χ4n) is 2.61. The van der Waals surface area contributed by atoms with Crippen LogP contribution in [-0.4, -0.2) is 59.1 Å². The van der Waals surface area contributed by atoms with Crippen LogP contribution in [0.2, 0.25) is 0 Å². The molecule has 1 unspecified atom stereocenters. The highest BCUT2D eigenvalue weighted by Gasteiger charge is 2.45. The Morgan fingerprint density at radius 2 is 2.16 bits per heavy atom. The largest absolute Gasteiger partial charge is 0.464 e. The topological polar surface area (TPSA) is 93.8 Å². The number of H-pyrrole nitrogens is 1. The van der Waals surface area contributed by atoms with Gasteiger partial charge < -0.3 is 19.1 Å². The number of esters is 1. The molecule has 1 aromatic heterocycles. The maximum atomic E-state index is 12.3. The van der Waals surface area contributed by atoms with Crippen LogP contribution in [0.15, 0.2) is 10.7 Å². The molecule has 25 heavy (non-hydrogen) atoms. The minimum atomic E-state index is -0.858. The second-order valence-electron chi connectivity index (χ2n) is 6.84. The van der Waals surface area contributed by atoms with Crippen molar-refractivity contribution in [1.29, 1.82) is 0 Å². The number of aromatic amines is 1. The molecule has 0 spiro atoms. The van der Waals surface area contributed by atoms with E-state index < -0.39 is 23.3 Å². The predicted octanol–water partition coefficient (Wildman–Crippen LogP) is 2.59. The molecule has 9 heteroatoms. The number of amides is 1. The molecular formula is C16H24BrN3O5. The Balaban J connectivity index is 2.14. The van der Waals surface area contributed by atoms with Crippen molar-refractivity contribution in [3.8, 4) is 0 Å². The Morgan fingerprint density at radius 3 is 2.72 bits per heavy atom. The molecule has 2 heterocycles. The van der Waals surface area contributed by atoms with Crippen LogP contribution < -0.4 is 0 Å². The van der Waals surface area contributed by atoms with Crippen LogP contribution in [-0.2, 0) is 24.6 Å². The summed E-state index contributed by atoms with van der Waals surface area (Å²) in [5, 5.41) is 6.96. The van der Waals surface area contributed by atoms with Crippen LogP contribution in [0.4, 0.5) is 4.79 Å². The van der Waals surface area contributed by atoms with Crippen molar-refractivity contribution in [3.05, 3.63) is 16.4 Å². The van der Waals surface area contributed by atoms with Gasteiger partial charge in [-0.25, -0.2) is 9.59 Å². The lowest BCUT2D eigenvalue weighted by Gasteiger charge is -2.29. The normalized spacial score (nSPS) is 20.6. The average molecular weight is 418 g/mol. The molecule has 1 saturated heterocycles. The van der Waals surface area contributed by atoms with Gasteiger partial charge >= 0.3 is 12.1 Å².